The molecule has 106 valence electrons. The Hall–Kier alpha value is -0.550. The van der Waals surface area contributed by atoms with Crippen LogP contribution in [0, 0.1) is 11.8 Å². The van der Waals surface area contributed by atoms with Gasteiger partial charge in [-0.2, -0.15) is 0 Å². The second-order valence-corrected chi connectivity index (χ2v) is 5.55. The summed E-state index contributed by atoms with van der Waals surface area (Å²) >= 11 is 0. The summed E-state index contributed by atoms with van der Waals surface area (Å²) in [5, 5.41) is 6.25. The Kier molecular flexibility index (Phi) is 12.5. The minimum absolute atomic E-state index is 1.00. The third-order valence-electron chi connectivity index (χ3n) is 4.12. The van der Waals surface area contributed by atoms with Crippen molar-refractivity contribution in [1.29, 1.82) is 5.26 Å². The quantitative estimate of drug-likeness (QED) is 0.521. The van der Waals surface area contributed by atoms with E-state index in [1.54, 1.807) is 0 Å². The average molecular weight is 252 g/mol. The molecule has 2 atom stereocenters. The molecular formula is C16H32N2. The highest BCUT2D eigenvalue weighted by Crippen LogP contribution is 2.08. The summed E-state index contributed by atoms with van der Waals surface area (Å²) < 4.78 is 0. The van der Waals surface area contributed by atoms with Gasteiger partial charge in [-0.15, -0.1) is 0 Å². The van der Waals surface area contributed by atoms with E-state index in [1.165, 1.54) is 77.3 Å². The predicted octanol–water partition coefficient (Wildman–Crippen LogP) is 3.29. The molecule has 0 saturated carbocycles. The van der Waals surface area contributed by atoms with Crippen LogP contribution in [-0.2, 0) is 0 Å². The van der Waals surface area contributed by atoms with Crippen LogP contribution in [0.15, 0.2) is 0 Å². The topological polar surface area (TPSA) is 28.2 Å². The molecule has 18 heavy (non-hydrogen) atoms. The lowest BCUT2D eigenvalue weighted by atomic mass is 9.98. The number of hydrogen-bond acceptors (Lipinski definition) is 1. The molecular weight excluding hydrogens is 220 g/mol. The summed E-state index contributed by atoms with van der Waals surface area (Å²) in [5.41, 5.74) is 0. The van der Waals surface area contributed by atoms with Crippen LogP contribution in [0.5, 0.6) is 0 Å². The van der Waals surface area contributed by atoms with Crippen LogP contribution in [-0.4, -0.2) is 19.1 Å². The lowest BCUT2D eigenvalue weighted by molar-refractivity contribution is -0.931. The van der Waals surface area contributed by atoms with E-state index >= 15 is 0 Å². The van der Waals surface area contributed by atoms with E-state index in [1.807, 2.05) is 4.90 Å². The fourth-order valence-electron chi connectivity index (χ4n) is 3.13. The predicted molar refractivity (Wildman–Crippen MR) is 77.0 cm³/mol. The summed E-state index contributed by atoms with van der Waals surface area (Å²) in [4.78, 5) is 1.93. The van der Waals surface area contributed by atoms with Crippen molar-refractivity contribution < 1.29 is 4.90 Å². The maximum atomic E-state index is 6.25. The number of likely N-dealkylation sites (tertiary alicyclic amines) is 1. The van der Waals surface area contributed by atoms with Gasteiger partial charge in [0.1, 0.15) is 0 Å². The molecule has 0 aromatic carbocycles. The smallest absolute Gasteiger partial charge is 0.0874 e. The maximum absolute atomic E-state index is 6.25. The monoisotopic (exact) mass is 252 g/mol. The van der Waals surface area contributed by atoms with Crippen molar-refractivity contribution >= 4 is 0 Å². The summed E-state index contributed by atoms with van der Waals surface area (Å²) in [6.07, 6.45) is 14.5. The van der Waals surface area contributed by atoms with E-state index in [0.717, 1.165) is 6.04 Å². The number of unbranched alkanes of at least 4 members (excludes halogenated alkanes) is 4. The molecule has 0 bridgehead atoms. The highest BCUT2D eigenvalue weighted by atomic mass is 15.2. The van der Waals surface area contributed by atoms with E-state index in [0.29, 0.717) is 0 Å². The fraction of sp³-hybridized carbons (Fsp3) is 0.938. The van der Waals surface area contributed by atoms with E-state index in [4.69, 9.17) is 11.8 Å². The molecule has 0 spiro atoms. The van der Waals surface area contributed by atoms with Gasteiger partial charge < -0.3 is 16.7 Å². The molecule has 1 heterocycles. The number of nitrogens with zero attached hydrogens (tertiary/aromatic N) is 1. The molecule has 0 aliphatic carbocycles. The Morgan fingerprint density at radius 2 is 1.72 bits per heavy atom. The fourth-order valence-corrected chi connectivity index (χ4v) is 3.13. The van der Waals surface area contributed by atoms with Gasteiger partial charge in [-0.1, -0.05) is 39.5 Å². The Bertz CT molecular complexity index is 187. The third kappa shape index (κ3) is 7.71. The average Bonchev–Trinajstić information content (AvgIpc) is 2.43. The van der Waals surface area contributed by atoms with Crippen LogP contribution in [0.1, 0.15) is 78.1 Å². The minimum Gasteiger partial charge on any atom is -0.512 e. The zero-order valence-electron chi connectivity index (χ0n) is 12.5. The van der Waals surface area contributed by atoms with Crippen LogP contribution in [0.4, 0.5) is 0 Å². The molecule has 0 radical (unpaired) electrons. The van der Waals surface area contributed by atoms with Crippen molar-refractivity contribution in [2.24, 2.45) is 0 Å². The molecule has 2 nitrogen and oxygen atoms in total. The summed E-state index contributed by atoms with van der Waals surface area (Å²) in [6, 6.07) is 1.00. The van der Waals surface area contributed by atoms with Gasteiger partial charge in [-0.05, 0) is 38.5 Å². The lowest BCUT2D eigenvalue weighted by Gasteiger charge is -2.32. The van der Waals surface area contributed by atoms with Crippen LogP contribution < -0.4 is 4.90 Å². The standard InChI is InChI=1S/C15H31N.CN/c1-3-5-6-7-9-13-16-14-10-8-12-15(16)11-4-2;1-2/h15H,3-14H2,1-2H3;/q;-1/p+1. The van der Waals surface area contributed by atoms with Crippen LogP contribution in [0.2, 0.25) is 0 Å². The van der Waals surface area contributed by atoms with Gasteiger partial charge in [-0.25, -0.2) is 0 Å². The van der Waals surface area contributed by atoms with Crippen molar-refractivity contribution in [2.75, 3.05) is 13.1 Å². The summed E-state index contributed by atoms with van der Waals surface area (Å²) in [6.45, 7) is 12.3. The van der Waals surface area contributed by atoms with Gasteiger partial charge in [0.15, 0.2) is 0 Å². The first-order chi connectivity index (χ1) is 8.88. The van der Waals surface area contributed by atoms with Crippen molar-refractivity contribution in [3.8, 4) is 0 Å². The Morgan fingerprint density at radius 3 is 2.39 bits per heavy atom. The second-order valence-electron chi connectivity index (χ2n) is 5.55. The number of nitrogens with one attached hydrogen (secondary N) is 1. The molecule has 2 unspecified atom stereocenters. The minimum atomic E-state index is 1.00. The highest BCUT2D eigenvalue weighted by Gasteiger charge is 2.24. The van der Waals surface area contributed by atoms with Crippen LogP contribution >= 0.6 is 0 Å². The van der Waals surface area contributed by atoms with Gasteiger partial charge in [0.05, 0.1) is 19.1 Å². The number of rotatable bonds is 8. The van der Waals surface area contributed by atoms with Crippen LogP contribution in [0.25, 0.3) is 0 Å². The van der Waals surface area contributed by atoms with Gasteiger partial charge in [0.2, 0.25) is 0 Å². The van der Waals surface area contributed by atoms with E-state index in [-0.39, 0.29) is 0 Å². The van der Waals surface area contributed by atoms with E-state index in [2.05, 4.69) is 13.8 Å². The Labute approximate surface area is 114 Å². The molecule has 0 aromatic rings. The maximum Gasteiger partial charge on any atom is 0.0874 e. The molecule has 1 N–H and O–H groups in total. The number of hydrogen-bond donors (Lipinski definition) is 1. The van der Waals surface area contributed by atoms with Gasteiger partial charge >= 0.3 is 0 Å². The molecule has 0 amide bonds. The Morgan fingerprint density at radius 1 is 1.00 bits per heavy atom. The SMILES string of the molecule is CCCCCCC[NH+]1CCCCC1CCC.[C-]#N. The molecule has 1 aliphatic heterocycles. The normalized spacial score (nSPS) is 23.1. The van der Waals surface area contributed by atoms with Crippen molar-refractivity contribution in [3.05, 3.63) is 6.57 Å². The number of quaternary nitrogens is 1. The molecule has 1 saturated heterocycles. The molecule has 1 fully saturated rings. The van der Waals surface area contributed by atoms with Crippen LogP contribution in [0.3, 0.4) is 0 Å². The first kappa shape index (κ1) is 17.4. The third-order valence-corrected chi connectivity index (χ3v) is 4.12. The van der Waals surface area contributed by atoms with E-state index < -0.39 is 0 Å². The van der Waals surface area contributed by atoms with E-state index in [9.17, 15) is 0 Å². The first-order valence-corrected chi connectivity index (χ1v) is 7.95. The first-order valence-electron chi connectivity index (χ1n) is 7.95. The van der Waals surface area contributed by atoms with Gasteiger partial charge in [-0.3, -0.25) is 0 Å². The Balaban J connectivity index is 0.00000137. The number of piperidine rings is 1. The van der Waals surface area contributed by atoms with Crippen molar-refractivity contribution in [2.45, 2.75) is 84.1 Å². The summed E-state index contributed by atoms with van der Waals surface area (Å²) in [7, 11) is 0. The molecule has 1 rings (SSSR count). The highest BCUT2D eigenvalue weighted by molar-refractivity contribution is 4.61. The molecule has 2 heteroatoms. The zero-order valence-corrected chi connectivity index (χ0v) is 12.5. The zero-order chi connectivity index (χ0) is 13.6. The largest absolute Gasteiger partial charge is 0.512 e. The molecule has 1 aliphatic rings. The van der Waals surface area contributed by atoms with Gasteiger partial charge in [0.25, 0.3) is 0 Å². The second kappa shape index (κ2) is 12.9. The summed E-state index contributed by atoms with van der Waals surface area (Å²) in [5.74, 6) is 0. The van der Waals surface area contributed by atoms with Crippen molar-refractivity contribution in [3.63, 3.8) is 0 Å². The van der Waals surface area contributed by atoms with Crippen molar-refractivity contribution in [1.82, 2.24) is 0 Å². The lowest BCUT2D eigenvalue weighted by Crippen LogP contribution is -3.16. The van der Waals surface area contributed by atoms with Gasteiger partial charge in [0, 0.05) is 0 Å². The molecule has 0 aromatic heterocycles.